The van der Waals surface area contributed by atoms with Crippen LogP contribution in [0, 0.1) is 6.92 Å². The van der Waals surface area contributed by atoms with Crippen molar-refractivity contribution in [2.24, 2.45) is 0 Å². The Morgan fingerprint density at radius 1 is 1.10 bits per heavy atom. The molecule has 3 aromatic rings. The molecule has 0 radical (unpaired) electrons. The molecular weight excluding hydrogens is 368 g/mol. The fraction of sp³-hybridized carbons (Fsp3) is 0.227. The smallest absolute Gasteiger partial charge is 0.276 e. The van der Waals surface area contributed by atoms with Crippen molar-refractivity contribution in [3.05, 3.63) is 82.3 Å². The molecule has 3 rings (SSSR count). The minimum Gasteiger partial charge on any atom is -0.492 e. The molecule has 0 atom stereocenters. The van der Waals surface area contributed by atoms with E-state index in [4.69, 9.17) is 4.74 Å². The highest BCUT2D eigenvalue weighted by molar-refractivity contribution is 6.02. The van der Waals surface area contributed by atoms with Crippen LogP contribution in [0.2, 0.25) is 0 Å². The predicted molar refractivity (Wildman–Crippen MR) is 114 cm³/mol. The number of hydrogen-bond donors (Lipinski definition) is 1. The third-order valence-corrected chi connectivity index (χ3v) is 4.35. The number of para-hydroxylation sites is 1. The molecule has 1 amide bonds. The van der Waals surface area contributed by atoms with Crippen LogP contribution in [-0.4, -0.2) is 36.4 Å². The Bertz CT molecular complexity index is 1050. The largest absolute Gasteiger partial charge is 0.492 e. The average Bonchev–Trinajstić information content (AvgIpc) is 2.70. The van der Waals surface area contributed by atoms with Gasteiger partial charge in [-0.25, -0.2) is 4.68 Å². The molecule has 150 valence electrons. The molecule has 1 N–H and O–H groups in total. The number of aromatic nitrogens is 2. The van der Waals surface area contributed by atoms with Crippen LogP contribution in [0.3, 0.4) is 0 Å². The van der Waals surface area contributed by atoms with E-state index in [9.17, 15) is 9.59 Å². The molecule has 0 aliphatic carbocycles. The van der Waals surface area contributed by atoms with Crippen LogP contribution in [-0.2, 0) is 6.54 Å². The zero-order valence-electron chi connectivity index (χ0n) is 16.8. The summed E-state index contributed by atoms with van der Waals surface area (Å²) in [6.07, 6.45) is 0. The maximum atomic E-state index is 12.6. The van der Waals surface area contributed by atoms with E-state index in [0.717, 1.165) is 11.3 Å². The van der Waals surface area contributed by atoms with Crippen molar-refractivity contribution in [1.82, 2.24) is 9.78 Å². The molecule has 0 spiro atoms. The van der Waals surface area contributed by atoms with E-state index in [1.54, 1.807) is 0 Å². The number of nitrogens with one attached hydrogen (secondary N) is 1. The molecule has 29 heavy (non-hydrogen) atoms. The van der Waals surface area contributed by atoms with Crippen molar-refractivity contribution in [1.29, 1.82) is 0 Å². The highest BCUT2D eigenvalue weighted by Gasteiger charge is 2.11. The van der Waals surface area contributed by atoms with Crippen molar-refractivity contribution in [2.75, 3.05) is 30.9 Å². The average molecular weight is 392 g/mol. The first-order chi connectivity index (χ1) is 13.9. The van der Waals surface area contributed by atoms with Gasteiger partial charge in [-0.3, -0.25) is 9.59 Å². The van der Waals surface area contributed by atoms with Crippen LogP contribution < -0.4 is 20.5 Å². The molecule has 2 aromatic carbocycles. The second kappa shape index (κ2) is 9.05. The summed E-state index contributed by atoms with van der Waals surface area (Å²) in [5, 5.41) is 7.00. The number of carbonyl (C=O) groups is 1. The Labute approximate surface area is 169 Å². The molecule has 0 bridgehead atoms. The predicted octanol–water partition coefficient (Wildman–Crippen LogP) is 2.95. The van der Waals surface area contributed by atoms with Crippen LogP contribution in [0.4, 0.5) is 11.4 Å². The summed E-state index contributed by atoms with van der Waals surface area (Å²) in [6.45, 7) is 2.49. The number of anilines is 2. The van der Waals surface area contributed by atoms with Gasteiger partial charge in [0.2, 0.25) is 0 Å². The number of rotatable bonds is 7. The van der Waals surface area contributed by atoms with Gasteiger partial charge in [-0.15, -0.1) is 0 Å². The number of hydrogen-bond acceptors (Lipinski definition) is 5. The molecule has 0 fully saturated rings. The summed E-state index contributed by atoms with van der Waals surface area (Å²) in [5.41, 5.74) is 2.67. The van der Waals surface area contributed by atoms with Crippen molar-refractivity contribution in [2.45, 2.75) is 13.5 Å². The highest BCUT2D eigenvalue weighted by atomic mass is 16.5. The summed E-state index contributed by atoms with van der Waals surface area (Å²) < 4.78 is 6.83. The van der Waals surface area contributed by atoms with E-state index in [-0.39, 0.29) is 30.3 Å². The van der Waals surface area contributed by atoms with E-state index in [2.05, 4.69) is 10.4 Å². The van der Waals surface area contributed by atoms with Gasteiger partial charge < -0.3 is 15.0 Å². The summed E-state index contributed by atoms with van der Waals surface area (Å²) in [6, 6.07) is 17.8. The van der Waals surface area contributed by atoms with Crippen molar-refractivity contribution in [3.63, 3.8) is 0 Å². The minimum absolute atomic E-state index is 0.165. The fourth-order valence-corrected chi connectivity index (χ4v) is 2.93. The Kier molecular flexibility index (Phi) is 6.29. The SMILES string of the molecule is Cc1cc(NC(=O)c2ccc(=O)n(CCOc3ccccc3)n2)ccc1N(C)C. The molecule has 0 unspecified atom stereocenters. The second-order valence-electron chi connectivity index (χ2n) is 6.79. The van der Waals surface area contributed by atoms with Gasteiger partial charge in [-0.2, -0.15) is 5.10 Å². The fourth-order valence-electron chi connectivity index (χ4n) is 2.93. The summed E-state index contributed by atoms with van der Waals surface area (Å²) in [5.74, 6) is 0.339. The first-order valence-electron chi connectivity index (χ1n) is 9.29. The third-order valence-electron chi connectivity index (χ3n) is 4.35. The molecule has 0 aliphatic rings. The lowest BCUT2D eigenvalue weighted by molar-refractivity contribution is 0.101. The zero-order chi connectivity index (χ0) is 20.8. The summed E-state index contributed by atoms with van der Waals surface area (Å²) in [4.78, 5) is 26.6. The Morgan fingerprint density at radius 3 is 2.55 bits per heavy atom. The monoisotopic (exact) mass is 392 g/mol. The number of carbonyl (C=O) groups excluding carboxylic acids is 1. The van der Waals surface area contributed by atoms with E-state index < -0.39 is 0 Å². The molecule has 7 heteroatoms. The maximum Gasteiger partial charge on any atom is 0.276 e. The van der Waals surface area contributed by atoms with Crippen molar-refractivity contribution in [3.8, 4) is 5.75 Å². The summed E-state index contributed by atoms with van der Waals surface area (Å²) in [7, 11) is 3.94. The maximum absolute atomic E-state index is 12.6. The molecule has 1 aromatic heterocycles. The molecule has 0 saturated carbocycles. The second-order valence-corrected chi connectivity index (χ2v) is 6.79. The van der Waals surface area contributed by atoms with Crippen LogP contribution in [0.25, 0.3) is 0 Å². The number of nitrogens with zero attached hydrogens (tertiary/aromatic N) is 3. The number of aryl methyl sites for hydroxylation is 1. The van der Waals surface area contributed by atoms with Crippen LogP contribution in [0.1, 0.15) is 16.1 Å². The standard InChI is InChI=1S/C22H24N4O3/c1-16-15-17(9-11-20(16)25(2)3)23-22(28)19-10-12-21(27)26(24-19)13-14-29-18-7-5-4-6-8-18/h4-12,15H,13-14H2,1-3H3,(H,23,28). The topological polar surface area (TPSA) is 76.5 Å². The zero-order valence-corrected chi connectivity index (χ0v) is 16.8. The van der Waals surface area contributed by atoms with Gasteiger partial charge in [-0.1, -0.05) is 18.2 Å². The molecule has 7 nitrogen and oxygen atoms in total. The van der Waals surface area contributed by atoms with Crippen LogP contribution in [0.15, 0.2) is 65.5 Å². The lowest BCUT2D eigenvalue weighted by Gasteiger charge is -2.16. The van der Waals surface area contributed by atoms with Gasteiger partial charge in [-0.05, 0) is 48.9 Å². The van der Waals surface area contributed by atoms with Crippen LogP contribution in [0.5, 0.6) is 5.75 Å². The molecule has 0 aliphatic heterocycles. The van der Waals surface area contributed by atoms with E-state index in [1.165, 1.54) is 16.8 Å². The van der Waals surface area contributed by atoms with Gasteiger partial charge in [0.05, 0.1) is 6.54 Å². The number of benzene rings is 2. The minimum atomic E-state index is -0.375. The quantitative estimate of drug-likeness (QED) is 0.669. The van der Waals surface area contributed by atoms with E-state index in [0.29, 0.717) is 11.4 Å². The van der Waals surface area contributed by atoms with Gasteiger partial charge >= 0.3 is 0 Å². The van der Waals surface area contributed by atoms with E-state index >= 15 is 0 Å². The van der Waals surface area contributed by atoms with Gasteiger partial charge in [0.1, 0.15) is 18.1 Å². The number of amides is 1. The lowest BCUT2D eigenvalue weighted by Crippen LogP contribution is -2.28. The third kappa shape index (κ3) is 5.22. The van der Waals surface area contributed by atoms with Gasteiger partial charge in [0.15, 0.2) is 0 Å². The van der Waals surface area contributed by atoms with Crippen molar-refractivity contribution < 1.29 is 9.53 Å². The highest BCUT2D eigenvalue weighted by Crippen LogP contribution is 2.22. The number of ether oxygens (including phenoxy) is 1. The summed E-state index contributed by atoms with van der Waals surface area (Å²) >= 11 is 0. The Morgan fingerprint density at radius 2 is 1.86 bits per heavy atom. The first-order valence-corrected chi connectivity index (χ1v) is 9.29. The van der Waals surface area contributed by atoms with E-state index in [1.807, 2.05) is 74.4 Å². The Hall–Kier alpha value is -3.61. The lowest BCUT2D eigenvalue weighted by atomic mass is 10.1. The van der Waals surface area contributed by atoms with Crippen LogP contribution >= 0.6 is 0 Å². The normalized spacial score (nSPS) is 10.4. The molecular formula is C22H24N4O3. The van der Waals surface area contributed by atoms with Crippen molar-refractivity contribution >= 4 is 17.3 Å². The van der Waals surface area contributed by atoms with Gasteiger partial charge in [0.25, 0.3) is 11.5 Å². The van der Waals surface area contributed by atoms with Gasteiger partial charge in [0, 0.05) is 31.5 Å². The molecule has 1 heterocycles. The molecule has 0 saturated heterocycles. The first kappa shape index (κ1) is 20.1. The Balaban J connectivity index is 1.67.